The number of nitrogens with zero attached hydrogens (tertiary/aromatic N) is 4. The Labute approximate surface area is 653 Å². The molecule has 4 unspecified atom stereocenters. The minimum absolute atomic E-state index is 0.0595. The van der Waals surface area contributed by atoms with Gasteiger partial charge >= 0.3 is 0 Å². The third-order valence-electron chi connectivity index (χ3n) is 28.6. The number of H-pyrrole nitrogens is 2. The smallest absolute Gasteiger partial charge is 0.182 e. The predicted molar refractivity (Wildman–Crippen MR) is 457 cm³/mol. The van der Waals surface area contributed by atoms with Crippen LogP contribution in [-0.2, 0) is 52.9 Å². The molecule has 7 aliphatic carbocycles. The average Bonchev–Trinajstić information content (AvgIpc) is 1.39. The largest absolute Gasteiger partial charge is 0.354 e. The number of ketones is 2. The summed E-state index contributed by atoms with van der Waals surface area (Å²) in [5.41, 5.74) is 31.7. The van der Waals surface area contributed by atoms with E-state index in [0.29, 0.717) is 35.5 Å². The van der Waals surface area contributed by atoms with Crippen LogP contribution in [0.4, 0.5) is 0 Å². The summed E-state index contributed by atoms with van der Waals surface area (Å²) < 4.78 is 0. The maximum atomic E-state index is 13.8. The summed E-state index contributed by atoms with van der Waals surface area (Å²) in [5, 5.41) is 0. The number of fused-ring (bicyclic) bond motifs is 32. The summed E-state index contributed by atoms with van der Waals surface area (Å²) in [7, 11) is 0. The molecule has 10 atom stereocenters. The summed E-state index contributed by atoms with van der Waals surface area (Å²) in [6.45, 7) is 61.2. The Kier molecular flexibility index (Phi) is 15.1. The molecule has 564 valence electrons. The number of carbonyl (C=O) groups excluding carboxylic acids is 2. The molecule has 9 aromatic rings. The van der Waals surface area contributed by atoms with Crippen molar-refractivity contribution >= 4 is 56.8 Å². The van der Waals surface area contributed by atoms with Gasteiger partial charge in [0.2, 0.25) is 0 Å². The molecule has 4 aromatic heterocycles. The van der Waals surface area contributed by atoms with Gasteiger partial charge in [0.15, 0.2) is 11.6 Å². The number of nitrogens with one attached hydrogen (secondary N) is 2. The maximum Gasteiger partial charge on any atom is 0.182 e. The van der Waals surface area contributed by atoms with Gasteiger partial charge in [-0.1, -0.05) is 253 Å². The summed E-state index contributed by atoms with van der Waals surface area (Å²) in [6, 6.07) is 43.3. The van der Waals surface area contributed by atoms with Crippen LogP contribution in [0.3, 0.4) is 0 Å². The summed E-state index contributed by atoms with van der Waals surface area (Å²) in [5.74, 6) is 2.98. The standard InChI is InChI=1S/C102H114N6O2/c1-93(2,3)55-35-51(36-56(43-55)94(4,5)6)79-69-27-28-70(103-69)80(52-37-57(95(7,8)9)44-58(38-52)96(10,11)12)72-30-32-74(105-72)82(54-41-61(99(19,20)21)46-62(42-54)100(22,23)24)90-92-91(89(108-90)81(73-31-29-71(79)104-73)53-39-59(97(13,14)15)45-60(40-53)98(16,17)18)106-75-49-63-64(50-76(75)107-92)66-47-65(63)85-86(66)102(26)88-68-48-67(87(88)101(85,102)25)83-77(109)33-34-78(110)84(68)83/h27-46,49-50,65-68,85-88,104-105H,47-48H2,1-26H3/t65-,66+,67+,68-,85?,86?,87?,88?,101-,102+. The summed E-state index contributed by atoms with van der Waals surface area (Å²) in [6.07, 6.45) is 9.70. The van der Waals surface area contributed by atoms with Gasteiger partial charge in [0, 0.05) is 55.5 Å². The van der Waals surface area contributed by atoms with Crippen LogP contribution in [0, 0.1) is 46.3 Å². The van der Waals surface area contributed by atoms with E-state index < -0.39 is 0 Å². The van der Waals surface area contributed by atoms with Crippen molar-refractivity contribution in [3.63, 3.8) is 0 Å². The van der Waals surface area contributed by atoms with Crippen LogP contribution < -0.4 is 0 Å². The highest BCUT2D eigenvalue weighted by atomic mass is 16.1. The van der Waals surface area contributed by atoms with Crippen molar-refractivity contribution in [2.45, 2.75) is 248 Å². The highest BCUT2D eigenvalue weighted by molar-refractivity contribution is 6.21. The molecule has 9 aliphatic rings. The number of benzene rings is 5. The van der Waals surface area contributed by atoms with Crippen LogP contribution in [0.25, 0.3) is 113 Å². The van der Waals surface area contributed by atoms with E-state index in [0.717, 1.165) is 136 Å². The molecular weight excluding hydrogens is 1340 g/mol. The van der Waals surface area contributed by atoms with Crippen LogP contribution >= 0.6 is 0 Å². The van der Waals surface area contributed by atoms with E-state index in [4.69, 9.17) is 19.9 Å². The van der Waals surface area contributed by atoms with Crippen molar-refractivity contribution < 1.29 is 9.59 Å². The van der Waals surface area contributed by atoms with E-state index in [1.165, 1.54) is 55.6 Å². The molecule has 12 bridgehead atoms. The van der Waals surface area contributed by atoms with Crippen LogP contribution in [0.5, 0.6) is 0 Å². The Morgan fingerprint density at radius 1 is 0.300 bits per heavy atom. The average molecular weight is 1460 g/mol. The van der Waals surface area contributed by atoms with Crippen molar-refractivity contribution in [2.75, 3.05) is 0 Å². The molecule has 8 heteroatoms. The normalized spacial score (nSPS) is 24.6. The van der Waals surface area contributed by atoms with Crippen molar-refractivity contribution in [1.82, 2.24) is 29.9 Å². The first-order chi connectivity index (χ1) is 51.1. The number of aromatic amines is 2. The minimum atomic E-state index is -0.216. The number of hydrogen-bond donors (Lipinski definition) is 2. The third kappa shape index (κ3) is 10.6. The van der Waals surface area contributed by atoms with Gasteiger partial charge in [-0.25, -0.2) is 19.9 Å². The van der Waals surface area contributed by atoms with Crippen LogP contribution in [0.1, 0.15) is 272 Å². The highest BCUT2D eigenvalue weighted by Crippen LogP contribution is 2.94. The Balaban J connectivity index is 0.993. The SMILES string of the molecule is CC(C)(C)c1cc(-c2c3nc(c(-c4cc(C(C)(C)C)cc(C(C)(C)C)c4)c4ccc([nH]4)c(-c4cc(C(C)(C)C)cc(C(C)(C)C)c4)c4nc(c(-c5cc(C(C)(C)C)cc(C(C)(C)C)c5)c5ccc2[nH]5)-c2nc5cc6c(cc5nc2-4)[C@@H]2C[C@H]6C4C2[C@@]2(C)C5C([C@H]6C[C@@H]5C5=C6C(=O)C=CC5=O)[C@@]42C)C=C3)cc(C(C)(C)C)c1. The third-order valence-corrected chi connectivity index (χ3v) is 28.6. The van der Waals surface area contributed by atoms with E-state index in [-0.39, 0.29) is 77.6 Å². The van der Waals surface area contributed by atoms with Gasteiger partial charge in [0.1, 0.15) is 22.8 Å². The van der Waals surface area contributed by atoms with E-state index in [2.05, 4.69) is 311 Å². The molecule has 5 aromatic carbocycles. The molecule has 6 heterocycles. The molecule has 4 saturated carbocycles. The topological polar surface area (TPSA) is 117 Å². The first-order valence-electron chi connectivity index (χ1n) is 41.1. The molecule has 2 N–H and O–H groups in total. The van der Waals surface area contributed by atoms with Crippen molar-refractivity contribution in [3.8, 4) is 67.3 Å². The molecular formula is C102H114N6O2. The lowest BCUT2D eigenvalue weighted by Gasteiger charge is -2.84. The Morgan fingerprint density at radius 3 is 0.836 bits per heavy atom. The van der Waals surface area contributed by atoms with Gasteiger partial charge < -0.3 is 9.97 Å². The molecule has 0 saturated heterocycles. The van der Waals surface area contributed by atoms with E-state index in [1.807, 2.05) is 0 Å². The maximum absolute atomic E-state index is 13.8. The highest BCUT2D eigenvalue weighted by Gasteiger charge is 2.89. The molecule has 2 aliphatic heterocycles. The number of hydrogen-bond acceptors (Lipinski definition) is 6. The van der Waals surface area contributed by atoms with Gasteiger partial charge in [-0.15, -0.1) is 0 Å². The Hall–Kier alpha value is -8.88. The quantitative estimate of drug-likeness (QED) is 0.134. The lowest BCUT2D eigenvalue weighted by molar-refractivity contribution is -0.354. The number of allylic oxidation sites excluding steroid dienone is 4. The van der Waals surface area contributed by atoms with Gasteiger partial charge in [-0.05, 0) is 253 Å². The van der Waals surface area contributed by atoms with Crippen molar-refractivity contribution in [1.29, 1.82) is 0 Å². The molecule has 8 nitrogen and oxygen atoms in total. The minimum Gasteiger partial charge on any atom is -0.354 e. The zero-order chi connectivity index (χ0) is 78.5. The number of aromatic nitrogens is 6. The second-order valence-corrected chi connectivity index (χ2v) is 43.6. The van der Waals surface area contributed by atoms with Crippen LogP contribution in [0.2, 0.25) is 0 Å². The monoisotopic (exact) mass is 1450 g/mol. The van der Waals surface area contributed by atoms with E-state index in [1.54, 1.807) is 12.2 Å². The lowest BCUT2D eigenvalue weighted by Crippen LogP contribution is -2.80. The lowest BCUT2D eigenvalue weighted by atomic mass is 9.20. The Morgan fingerprint density at radius 2 is 0.555 bits per heavy atom. The van der Waals surface area contributed by atoms with Gasteiger partial charge in [-0.2, -0.15) is 0 Å². The number of carbonyl (C=O) groups is 2. The molecule has 110 heavy (non-hydrogen) atoms. The Bertz CT molecular complexity index is 5410. The molecule has 18 rings (SSSR count). The first kappa shape index (κ1) is 72.6. The van der Waals surface area contributed by atoms with E-state index in [9.17, 15) is 9.59 Å². The van der Waals surface area contributed by atoms with Gasteiger partial charge in [-0.3, -0.25) is 9.59 Å². The van der Waals surface area contributed by atoms with Crippen LogP contribution in [0.15, 0.2) is 132 Å². The number of rotatable bonds is 4. The zero-order valence-electron chi connectivity index (χ0n) is 70.3. The molecule has 0 radical (unpaired) electrons. The molecule has 4 fully saturated rings. The van der Waals surface area contributed by atoms with Gasteiger partial charge in [0.25, 0.3) is 0 Å². The van der Waals surface area contributed by atoms with Crippen molar-refractivity contribution in [3.05, 3.63) is 200 Å². The van der Waals surface area contributed by atoms with Crippen molar-refractivity contribution in [2.24, 2.45) is 46.3 Å². The fraction of sp³-hybridized carbons (Fsp3) is 0.451. The fourth-order valence-corrected chi connectivity index (χ4v) is 22.5. The summed E-state index contributed by atoms with van der Waals surface area (Å²) in [4.78, 5) is 61.0. The van der Waals surface area contributed by atoms with Crippen LogP contribution in [-0.4, -0.2) is 41.5 Å². The molecule has 0 amide bonds. The fourth-order valence-electron chi connectivity index (χ4n) is 22.5. The van der Waals surface area contributed by atoms with E-state index >= 15 is 0 Å². The summed E-state index contributed by atoms with van der Waals surface area (Å²) >= 11 is 0. The predicted octanol–water partition coefficient (Wildman–Crippen LogP) is 25.6. The molecule has 0 spiro atoms. The first-order valence-corrected chi connectivity index (χ1v) is 41.1. The van der Waals surface area contributed by atoms with Gasteiger partial charge in [0.05, 0.1) is 22.4 Å². The second kappa shape index (κ2) is 22.9. The second-order valence-electron chi connectivity index (χ2n) is 43.6. The zero-order valence-corrected chi connectivity index (χ0v) is 70.3.